The van der Waals surface area contributed by atoms with Crippen molar-refractivity contribution in [3.05, 3.63) is 179 Å². The summed E-state index contributed by atoms with van der Waals surface area (Å²) < 4.78 is 0. The fourth-order valence-electron chi connectivity index (χ4n) is 7.28. The molecule has 2 aliphatic carbocycles. The molecular formula is C37H28O. The molecule has 0 spiro atoms. The number of Topliss-reactive ketones (excluding diaryl/α,β-unsaturated/α-hetero) is 1. The van der Waals surface area contributed by atoms with Gasteiger partial charge in [-0.3, -0.25) is 4.79 Å². The highest BCUT2D eigenvalue weighted by atomic mass is 16.1. The number of ketones is 1. The van der Waals surface area contributed by atoms with Crippen molar-refractivity contribution in [1.29, 1.82) is 0 Å². The van der Waals surface area contributed by atoms with Crippen molar-refractivity contribution in [2.24, 2.45) is 0 Å². The van der Waals surface area contributed by atoms with Gasteiger partial charge in [0.2, 0.25) is 0 Å². The van der Waals surface area contributed by atoms with Crippen molar-refractivity contribution in [2.45, 2.75) is 23.2 Å². The molecule has 5 aromatic carbocycles. The molecule has 0 N–H and O–H groups in total. The average molecular weight is 489 g/mol. The Bertz CT molecular complexity index is 1620. The summed E-state index contributed by atoms with van der Waals surface area (Å²) in [7, 11) is 0. The van der Waals surface area contributed by atoms with Crippen molar-refractivity contribution in [3.63, 3.8) is 0 Å². The number of benzene rings is 5. The second-order valence-electron chi connectivity index (χ2n) is 10.4. The summed E-state index contributed by atoms with van der Waals surface area (Å²) in [5.41, 5.74) is 6.31. The van der Waals surface area contributed by atoms with E-state index in [2.05, 4.69) is 140 Å². The second kappa shape index (κ2) is 8.82. The molecule has 2 aliphatic rings. The third kappa shape index (κ3) is 3.02. The molecular weight excluding hydrogens is 460 g/mol. The lowest BCUT2D eigenvalue weighted by molar-refractivity contribution is -0.123. The van der Waals surface area contributed by atoms with E-state index in [9.17, 15) is 0 Å². The first-order valence-electron chi connectivity index (χ1n) is 13.3. The van der Waals surface area contributed by atoms with E-state index in [-0.39, 0.29) is 11.7 Å². The first kappa shape index (κ1) is 22.7. The minimum absolute atomic E-state index is 0.00137. The lowest BCUT2D eigenvalue weighted by atomic mass is 9.61. The standard InChI is InChI=1S/C37H28O/c38-35-36(30-22-12-4-13-23-30)26-32(27-16-6-1-7-17-27)37(35,31-24-14-5-15-25-31)34(29-20-10-3-11-21-29)33(36)28-18-8-2-9-19-28/h1-25,32H,26H2/t32-,36+,37-/m1/s1. The molecule has 0 amide bonds. The van der Waals surface area contributed by atoms with E-state index in [4.69, 9.17) is 0 Å². The van der Waals surface area contributed by atoms with E-state index < -0.39 is 10.8 Å². The van der Waals surface area contributed by atoms with Crippen LogP contribution < -0.4 is 0 Å². The van der Waals surface area contributed by atoms with Gasteiger partial charge in [0, 0.05) is 5.92 Å². The lowest BCUT2D eigenvalue weighted by Crippen LogP contribution is -2.38. The monoisotopic (exact) mass is 488 g/mol. The van der Waals surface area contributed by atoms with Crippen molar-refractivity contribution >= 4 is 16.9 Å². The molecule has 5 aromatic rings. The maximum absolute atomic E-state index is 15.5. The van der Waals surface area contributed by atoms with Crippen LogP contribution in [0.1, 0.15) is 40.2 Å². The number of allylic oxidation sites excluding steroid dienone is 2. The van der Waals surface area contributed by atoms with E-state index in [1.807, 2.05) is 12.1 Å². The summed E-state index contributed by atoms with van der Waals surface area (Å²) >= 11 is 0. The van der Waals surface area contributed by atoms with Crippen molar-refractivity contribution in [2.75, 3.05) is 0 Å². The molecule has 7 rings (SSSR count). The fourth-order valence-corrected chi connectivity index (χ4v) is 7.28. The van der Waals surface area contributed by atoms with E-state index >= 15 is 4.79 Å². The third-order valence-corrected chi connectivity index (χ3v) is 8.67. The van der Waals surface area contributed by atoms with Crippen LogP contribution in [-0.4, -0.2) is 5.78 Å². The molecule has 0 aromatic heterocycles. The van der Waals surface area contributed by atoms with Crippen molar-refractivity contribution in [1.82, 2.24) is 0 Å². The van der Waals surface area contributed by atoms with Crippen molar-refractivity contribution < 1.29 is 4.79 Å². The molecule has 0 radical (unpaired) electrons. The highest BCUT2D eigenvalue weighted by Crippen LogP contribution is 2.72. The van der Waals surface area contributed by atoms with Crippen LogP contribution in [0.4, 0.5) is 0 Å². The Morgan fingerprint density at radius 2 is 0.895 bits per heavy atom. The average Bonchev–Trinajstić information content (AvgIpc) is 3.41. The van der Waals surface area contributed by atoms with E-state index in [0.29, 0.717) is 0 Å². The summed E-state index contributed by atoms with van der Waals surface area (Å²) in [5.74, 6) is 0.287. The Balaban J connectivity index is 1.68. The Kier molecular flexibility index (Phi) is 5.26. The lowest BCUT2D eigenvalue weighted by Gasteiger charge is -2.39. The first-order chi connectivity index (χ1) is 18.8. The maximum Gasteiger partial charge on any atom is 0.163 e. The van der Waals surface area contributed by atoms with Crippen LogP contribution in [-0.2, 0) is 15.6 Å². The Morgan fingerprint density at radius 3 is 1.42 bits per heavy atom. The number of carbonyl (C=O) groups excluding carboxylic acids is 1. The van der Waals surface area contributed by atoms with Gasteiger partial charge in [0.15, 0.2) is 5.78 Å². The molecule has 1 fully saturated rings. The van der Waals surface area contributed by atoms with Crippen LogP contribution in [0, 0.1) is 0 Å². The molecule has 0 heterocycles. The highest BCUT2D eigenvalue weighted by molar-refractivity contribution is 6.29. The van der Waals surface area contributed by atoms with Gasteiger partial charge >= 0.3 is 0 Å². The molecule has 1 saturated carbocycles. The SMILES string of the molecule is O=C1[C@]2(c3ccccc3)C[C@H](c3ccccc3)[C@]1(c1ccccc1)C(c1ccccc1)=C2c1ccccc1. The molecule has 2 bridgehead atoms. The van der Waals surface area contributed by atoms with Crippen LogP contribution >= 0.6 is 0 Å². The van der Waals surface area contributed by atoms with Gasteiger partial charge in [0.25, 0.3) is 0 Å². The minimum Gasteiger partial charge on any atom is -0.297 e. The van der Waals surface area contributed by atoms with Crippen LogP contribution in [0.15, 0.2) is 152 Å². The fraction of sp³-hybridized carbons (Fsp3) is 0.108. The van der Waals surface area contributed by atoms with Gasteiger partial charge in [-0.2, -0.15) is 0 Å². The predicted molar refractivity (Wildman–Crippen MR) is 155 cm³/mol. The van der Waals surface area contributed by atoms with E-state index in [1.165, 1.54) is 5.56 Å². The van der Waals surface area contributed by atoms with Gasteiger partial charge in [0.1, 0.15) is 0 Å². The van der Waals surface area contributed by atoms with Crippen LogP contribution in [0.3, 0.4) is 0 Å². The van der Waals surface area contributed by atoms with Gasteiger partial charge in [-0.05, 0) is 45.4 Å². The number of hydrogen-bond donors (Lipinski definition) is 0. The number of carbonyl (C=O) groups is 1. The van der Waals surface area contributed by atoms with Gasteiger partial charge in [-0.1, -0.05) is 152 Å². The second-order valence-corrected chi connectivity index (χ2v) is 10.4. The summed E-state index contributed by atoms with van der Waals surface area (Å²) in [6, 6.07) is 52.8. The summed E-state index contributed by atoms with van der Waals surface area (Å²) in [6.07, 6.45) is 0.731. The Morgan fingerprint density at radius 1 is 0.474 bits per heavy atom. The van der Waals surface area contributed by atoms with Gasteiger partial charge in [-0.15, -0.1) is 0 Å². The van der Waals surface area contributed by atoms with Crippen molar-refractivity contribution in [3.8, 4) is 0 Å². The highest BCUT2D eigenvalue weighted by Gasteiger charge is 2.72. The first-order valence-corrected chi connectivity index (χ1v) is 13.3. The zero-order valence-corrected chi connectivity index (χ0v) is 21.1. The zero-order chi connectivity index (χ0) is 25.6. The predicted octanol–water partition coefficient (Wildman–Crippen LogP) is 8.24. The smallest absolute Gasteiger partial charge is 0.163 e. The van der Waals surface area contributed by atoms with Crippen LogP contribution in [0.5, 0.6) is 0 Å². The number of fused-ring (bicyclic) bond motifs is 2. The largest absolute Gasteiger partial charge is 0.297 e. The number of rotatable bonds is 5. The van der Waals surface area contributed by atoms with Gasteiger partial charge in [0.05, 0.1) is 10.8 Å². The van der Waals surface area contributed by atoms with Gasteiger partial charge < -0.3 is 0 Å². The third-order valence-electron chi connectivity index (χ3n) is 8.67. The molecule has 0 saturated heterocycles. The molecule has 1 heteroatoms. The molecule has 3 atom stereocenters. The minimum atomic E-state index is -0.815. The maximum atomic E-state index is 15.5. The molecule has 182 valence electrons. The van der Waals surface area contributed by atoms with Crippen LogP contribution in [0.25, 0.3) is 11.1 Å². The normalized spacial score (nSPS) is 24.1. The quantitative estimate of drug-likeness (QED) is 0.243. The van der Waals surface area contributed by atoms with E-state index in [1.54, 1.807) is 0 Å². The summed E-state index contributed by atoms with van der Waals surface area (Å²) in [5, 5.41) is 0. The number of hydrogen-bond acceptors (Lipinski definition) is 1. The summed E-state index contributed by atoms with van der Waals surface area (Å²) in [4.78, 5) is 15.5. The zero-order valence-electron chi connectivity index (χ0n) is 21.1. The molecule has 1 nitrogen and oxygen atoms in total. The van der Waals surface area contributed by atoms with Crippen LogP contribution in [0.2, 0.25) is 0 Å². The van der Waals surface area contributed by atoms with Gasteiger partial charge in [-0.25, -0.2) is 0 Å². The molecule has 0 aliphatic heterocycles. The Labute approximate surface area is 224 Å². The molecule has 38 heavy (non-hydrogen) atoms. The molecule has 0 unspecified atom stereocenters. The topological polar surface area (TPSA) is 17.1 Å². The summed E-state index contributed by atoms with van der Waals surface area (Å²) in [6.45, 7) is 0. The Hall–Kier alpha value is -4.49. The van der Waals surface area contributed by atoms with E-state index in [0.717, 1.165) is 39.8 Å².